The molecule has 3 aliphatic carbocycles. The van der Waals surface area contributed by atoms with Gasteiger partial charge in [0.05, 0.1) is 0 Å². The van der Waals surface area contributed by atoms with E-state index < -0.39 is 0 Å². The van der Waals surface area contributed by atoms with E-state index in [4.69, 9.17) is 5.73 Å². The maximum absolute atomic E-state index is 5.53. The molecule has 1 aromatic carbocycles. The van der Waals surface area contributed by atoms with Crippen molar-refractivity contribution in [2.24, 2.45) is 17.8 Å². The fourth-order valence-electron chi connectivity index (χ4n) is 4.79. The topological polar surface area (TPSA) is 26.0 Å². The van der Waals surface area contributed by atoms with E-state index in [1.54, 1.807) is 5.57 Å². The number of rotatable bonds is 3. The first kappa shape index (κ1) is 32.8. The van der Waals surface area contributed by atoms with Gasteiger partial charge in [0.2, 0.25) is 0 Å². The van der Waals surface area contributed by atoms with Crippen molar-refractivity contribution < 1.29 is 0 Å². The Kier molecular flexibility index (Phi) is 20.3. The van der Waals surface area contributed by atoms with Gasteiger partial charge in [-0.3, -0.25) is 0 Å². The number of anilines is 1. The normalized spacial score (nSPS) is 21.1. The molecule has 0 aliphatic heterocycles. The van der Waals surface area contributed by atoms with Gasteiger partial charge in [0.1, 0.15) is 0 Å². The number of allylic oxidation sites excluding steroid dienone is 2. The second-order valence-corrected chi connectivity index (χ2v) is 10.6. The Morgan fingerprint density at radius 3 is 1.62 bits per heavy atom. The molecule has 0 amide bonds. The summed E-state index contributed by atoms with van der Waals surface area (Å²) in [5.74, 6) is 3.19. The minimum absolute atomic E-state index is 0.845. The monoisotopic (exact) mass is 471 g/mol. The molecule has 3 fully saturated rings. The molecule has 4 rings (SSSR count). The van der Waals surface area contributed by atoms with Gasteiger partial charge < -0.3 is 5.73 Å². The minimum atomic E-state index is 0.845. The Hall–Kier alpha value is -1.24. The van der Waals surface area contributed by atoms with Crippen molar-refractivity contribution in [3.05, 3.63) is 41.0 Å². The summed E-state index contributed by atoms with van der Waals surface area (Å²) < 4.78 is 0. The molecule has 0 unspecified atom stereocenters. The number of aryl methyl sites for hydroxylation is 2. The molecule has 1 heteroatoms. The third-order valence-corrected chi connectivity index (χ3v) is 7.78. The molecule has 198 valence electrons. The highest BCUT2D eigenvalue weighted by molar-refractivity contribution is 5.43. The first-order valence-electron chi connectivity index (χ1n) is 14.9. The molecule has 1 nitrogen and oxygen atoms in total. The van der Waals surface area contributed by atoms with Crippen molar-refractivity contribution in [3.63, 3.8) is 0 Å². The summed E-state index contributed by atoms with van der Waals surface area (Å²) in [5.41, 5.74) is 10.6. The SMILES string of the molecule is CC.CCC1CCC(C)CC1.CCC1CCCC1.CCC=C1CCC1.Cc1ccc(N)cc1C. The summed E-state index contributed by atoms with van der Waals surface area (Å²) in [6.45, 7) is 17.3. The molecule has 0 spiro atoms. The van der Waals surface area contributed by atoms with Gasteiger partial charge in [-0.25, -0.2) is 0 Å². The Morgan fingerprint density at radius 1 is 0.765 bits per heavy atom. The van der Waals surface area contributed by atoms with Crippen LogP contribution in [0.1, 0.15) is 143 Å². The molecule has 1 aromatic rings. The van der Waals surface area contributed by atoms with Crippen LogP contribution in [0.4, 0.5) is 5.69 Å². The van der Waals surface area contributed by atoms with Crippen molar-refractivity contribution >= 4 is 5.69 Å². The van der Waals surface area contributed by atoms with Crippen LogP contribution in [0.15, 0.2) is 29.8 Å². The number of hydrogen-bond donors (Lipinski definition) is 1. The van der Waals surface area contributed by atoms with Gasteiger partial charge in [0.15, 0.2) is 0 Å². The van der Waals surface area contributed by atoms with Gasteiger partial charge in [-0.2, -0.15) is 0 Å². The largest absolute Gasteiger partial charge is 0.399 e. The number of nitrogen functional groups attached to an aromatic ring is 1. The summed E-state index contributed by atoms with van der Waals surface area (Å²) in [7, 11) is 0. The first-order valence-corrected chi connectivity index (χ1v) is 14.9. The molecule has 3 saturated carbocycles. The zero-order valence-electron chi connectivity index (χ0n) is 24.5. The maximum atomic E-state index is 5.53. The second kappa shape index (κ2) is 21.1. The molecule has 0 heterocycles. The molecule has 3 aliphatic rings. The molecule has 0 atom stereocenters. The Bertz CT molecular complexity index is 609. The van der Waals surface area contributed by atoms with Crippen molar-refractivity contribution in [2.75, 3.05) is 5.73 Å². The maximum Gasteiger partial charge on any atom is 0.0316 e. The third-order valence-electron chi connectivity index (χ3n) is 7.78. The highest BCUT2D eigenvalue weighted by Gasteiger charge is 2.15. The van der Waals surface area contributed by atoms with E-state index in [1.807, 2.05) is 32.0 Å². The predicted octanol–water partition coefficient (Wildman–Crippen LogP) is 11.2. The summed E-state index contributed by atoms with van der Waals surface area (Å²) in [6.07, 6.45) is 22.6. The van der Waals surface area contributed by atoms with E-state index in [0.29, 0.717) is 0 Å². The van der Waals surface area contributed by atoms with Gasteiger partial charge in [-0.1, -0.05) is 123 Å². The van der Waals surface area contributed by atoms with Crippen molar-refractivity contribution in [1.29, 1.82) is 0 Å². The first-order chi connectivity index (χ1) is 16.4. The zero-order valence-corrected chi connectivity index (χ0v) is 24.5. The molecular weight excluding hydrogens is 410 g/mol. The lowest BCUT2D eigenvalue weighted by Crippen LogP contribution is -2.10. The van der Waals surface area contributed by atoms with Crippen LogP contribution in [-0.2, 0) is 0 Å². The number of benzene rings is 1. The van der Waals surface area contributed by atoms with Crippen LogP contribution in [0.25, 0.3) is 0 Å². The highest BCUT2D eigenvalue weighted by Crippen LogP contribution is 2.29. The second-order valence-electron chi connectivity index (χ2n) is 10.6. The average Bonchev–Trinajstić information content (AvgIpc) is 3.36. The van der Waals surface area contributed by atoms with Crippen LogP contribution in [0, 0.1) is 31.6 Å². The van der Waals surface area contributed by atoms with E-state index in [0.717, 1.165) is 23.4 Å². The lowest BCUT2D eigenvalue weighted by atomic mass is 9.82. The molecule has 34 heavy (non-hydrogen) atoms. The molecule has 0 bridgehead atoms. The van der Waals surface area contributed by atoms with E-state index in [2.05, 4.69) is 47.6 Å². The van der Waals surface area contributed by atoms with E-state index >= 15 is 0 Å². The predicted molar refractivity (Wildman–Crippen MR) is 158 cm³/mol. The quantitative estimate of drug-likeness (QED) is 0.344. The summed E-state index contributed by atoms with van der Waals surface area (Å²) >= 11 is 0. The van der Waals surface area contributed by atoms with Gasteiger partial charge in [0, 0.05) is 5.69 Å². The van der Waals surface area contributed by atoms with Gasteiger partial charge in [-0.15, -0.1) is 0 Å². The van der Waals surface area contributed by atoms with E-state index in [9.17, 15) is 0 Å². The standard InChI is InChI=1S/C9H18.C8H11N.C7H14.C7H12.C2H6/c1-3-9-6-4-8(2)5-7-9;1-6-3-4-8(9)5-7(6)2;1-2-7-5-3-4-6-7;1-2-4-7-5-3-6-7;1-2/h8-9H,3-7H2,1-2H3;3-5H,9H2,1-2H3;7H,2-6H2,1H3;4H,2-3,5-6H2,1H3;1-2H3. The number of hydrogen-bond acceptors (Lipinski definition) is 1. The fourth-order valence-corrected chi connectivity index (χ4v) is 4.79. The summed E-state index contributed by atoms with van der Waals surface area (Å²) in [6, 6.07) is 5.93. The van der Waals surface area contributed by atoms with Crippen LogP contribution in [0.3, 0.4) is 0 Å². The third kappa shape index (κ3) is 15.6. The van der Waals surface area contributed by atoms with E-state index in [1.165, 1.54) is 101 Å². The van der Waals surface area contributed by atoms with Gasteiger partial charge in [0.25, 0.3) is 0 Å². The molecule has 0 saturated heterocycles. The highest BCUT2D eigenvalue weighted by atomic mass is 14.5. The smallest absolute Gasteiger partial charge is 0.0316 e. The van der Waals surface area contributed by atoms with Crippen molar-refractivity contribution in [3.8, 4) is 0 Å². The van der Waals surface area contributed by atoms with Crippen molar-refractivity contribution in [2.45, 2.75) is 145 Å². The van der Waals surface area contributed by atoms with Crippen molar-refractivity contribution in [1.82, 2.24) is 0 Å². The van der Waals surface area contributed by atoms with Gasteiger partial charge >= 0.3 is 0 Å². The Morgan fingerprint density at radius 2 is 1.29 bits per heavy atom. The summed E-state index contributed by atoms with van der Waals surface area (Å²) in [5, 5.41) is 0. The number of nitrogens with two attached hydrogens (primary N) is 1. The minimum Gasteiger partial charge on any atom is -0.399 e. The fraction of sp³-hybridized carbons (Fsp3) is 0.758. The summed E-state index contributed by atoms with van der Waals surface area (Å²) in [4.78, 5) is 0. The molecular formula is C33H61N. The van der Waals surface area contributed by atoms with Crippen LogP contribution >= 0.6 is 0 Å². The van der Waals surface area contributed by atoms with Gasteiger partial charge in [-0.05, 0) is 80.5 Å². The molecule has 2 N–H and O–H groups in total. The molecule has 0 radical (unpaired) electrons. The van der Waals surface area contributed by atoms with Crippen LogP contribution in [0.5, 0.6) is 0 Å². The van der Waals surface area contributed by atoms with Crippen LogP contribution < -0.4 is 5.73 Å². The lowest BCUT2D eigenvalue weighted by Gasteiger charge is -2.24. The average molecular weight is 472 g/mol. The zero-order chi connectivity index (χ0) is 25.8. The van der Waals surface area contributed by atoms with Crippen LogP contribution in [0.2, 0.25) is 0 Å². The Labute approximate surface area is 215 Å². The van der Waals surface area contributed by atoms with Crippen LogP contribution in [-0.4, -0.2) is 0 Å². The Balaban J connectivity index is 0.000000419. The van der Waals surface area contributed by atoms with E-state index in [-0.39, 0.29) is 0 Å². The lowest BCUT2D eigenvalue weighted by molar-refractivity contribution is 0.284. The molecule has 0 aromatic heterocycles.